The Morgan fingerprint density at radius 1 is 1.53 bits per heavy atom. The maximum atomic E-state index is 5.28. The number of terminal acetylenes is 1. The molecule has 2 heteroatoms. The summed E-state index contributed by atoms with van der Waals surface area (Å²) in [6, 6.07) is 5.19. The Labute approximate surface area is 96.1 Å². The van der Waals surface area contributed by atoms with Gasteiger partial charge in [0.1, 0.15) is 0 Å². The van der Waals surface area contributed by atoms with E-state index in [-0.39, 0.29) is 0 Å². The predicted molar refractivity (Wildman–Crippen MR) is 65.8 cm³/mol. The maximum absolute atomic E-state index is 5.28. The maximum Gasteiger partial charge on any atom is 0.0330 e. The highest BCUT2D eigenvalue weighted by Gasteiger charge is 2.28. The largest absolute Gasteiger partial charge is 0.295 e. The highest BCUT2D eigenvalue weighted by molar-refractivity contribution is 7.09. The van der Waals surface area contributed by atoms with Crippen molar-refractivity contribution in [2.24, 2.45) is 0 Å². The minimum Gasteiger partial charge on any atom is -0.295 e. The SMILES string of the molecule is C#CCCCN(Cc1cccs1)C1CC1. The summed E-state index contributed by atoms with van der Waals surface area (Å²) in [5, 5.41) is 2.15. The van der Waals surface area contributed by atoms with Crippen molar-refractivity contribution in [2.45, 2.75) is 38.3 Å². The van der Waals surface area contributed by atoms with Gasteiger partial charge in [0, 0.05) is 23.9 Å². The lowest BCUT2D eigenvalue weighted by Crippen LogP contribution is -2.26. The van der Waals surface area contributed by atoms with Crippen LogP contribution in [0.1, 0.15) is 30.6 Å². The first kappa shape index (κ1) is 10.7. The third kappa shape index (κ3) is 3.37. The smallest absolute Gasteiger partial charge is 0.0330 e. The molecular weight excluding hydrogens is 202 g/mol. The molecule has 0 spiro atoms. The van der Waals surface area contributed by atoms with Crippen molar-refractivity contribution in [2.75, 3.05) is 6.54 Å². The zero-order chi connectivity index (χ0) is 10.5. The summed E-state index contributed by atoms with van der Waals surface area (Å²) in [4.78, 5) is 4.06. The van der Waals surface area contributed by atoms with Crippen molar-refractivity contribution < 1.29 is 0 Å². The molecule has 0 aliphatic heterocycles. The van der Waals surface area contributed by atoms with Gasteiger partial charge in [-0.3, -0.25) is 4.90 Å². The molecule has 0 aromatic carbocycles. The fraction of sp³-hybridized carbons (Fsp3) is 0.538. The van der Waals surface area contributed by atoms with Crippen LogP contribution in [-0.2, 0) is 6.54 Å². The van der Waals surface area contributed by atoms with Gasteiger partial charge in [-0.05, 0) is 37.3 Å². The fourth-order valence-corrected chi connectivity index (χ4v) is 2.55. The second-order valence-electron chi connectivity index (χ2n) is 4.09. The summed E-state index contributed by atoms with van der Waals surface area (Å²) >= 11 is 1.85. The molecular formula is C13H17NS. The van der Waals surface area contributed by atoms with E-state index in [0.29, 0.717) is 0 Å². The Hall–Kier alpha value is -0.780. The molecule has 0 N–H and O–H groups in total. The molecule has 1 aromatic heterocycles. The van der Waals surface area contributed by atoms with Crippen molar-refractivity contribution in [3.63, 3.8) is 0 Å². The van der Waals surface area contributed by atoms with E-state index in [2.05, 4.69) is 28.3 Å². The first-order chi connectivity index (χ1) is 7.40. The molecule has 1 aliphatic rings. The van der Waals surface area contributed by atoms with Crippen LogP contribution >= 0.6 is 11.3 Å². The van der Waals surface area contributed by atoms with Crippen molar-refractivity contribution >= 4 is 11.3 Å². The van der Waals surface area contributed by atoms with Gasteiger partial charge in [0.15, 0.2) is 0 Å². The Morgan fingerprint density at radius 3 is 3.00 bits per heavy atom. The van der Waals surface area contributed by atoms with Crippen LogP contribution in [-0.4, -0.2) is 17.5 Å². The van der Waals surface area contributed by atoms with Gasteiger partial charge in [0.2, 0.25) is 0 Å². The van der Waals surface area contributed by atoms with Gasteiger partial charge in [0.25, 0.3) is 0 Å². The Bertz CT molecular complexity index is 319. The number of hydrogen-bond acceptors (Lipinski definition) is 2. The van der Waals surface area contributed by atoms with Crippen molar-refractivity contribution in [1.29, 1.82) is 0 Å². The lowest BCUT2D eigenvalue weighted by molar-refractivity contribution is 0.255. The van der Waals surface area contributed by atoms with Crippen molar-refractivity contribution in [3.8, 4) is 12.3 Å². The fourth-order valence-electron chi connectivity index (χ4n) is 1.82. The summed E-state index contributed by atoms with van der Waals surface area (Å²) in [7, 11) is 0. The second-order valence-corrected chi connectivity index (χ2v) is 5.12. The average molecular weight is 219 g/mol. The van der Waals surface area contributed by atoms with Crippen LogP contribution in [0.2, 0.25) is 0 Å². The van der Waals surface area contributed by atoms with Crippen molar-refractivity contribution in [3.05, 3.63) is 22.4 Å². The van der Waals surface area contributed by atoms with Crippen LogP contribution in [0.5, 0.6) is 0 Å². The van der Waals surface area contributed by atoms with E-state index in [0.717, 1.165) is 32.0 Å². The van der Waals surface area contributed by atoms with E-state index in [9.17, 15) is 0 Å². The lowest BCUT2D eigenvalue weighted by Gasteiger charge is -2.20. The van der Waals surface area contributed by atoms with E-state index >= 15 is 0 Å². The number of nitrogens with zero attached hydrogens (tertiary/aromatic N) is 1. The zero-order valence-electron chi connectivity index (χ0n) is 8.98. The summed E-state index contributed by atoms with van der Waals surface area (Å²) in [6.07, 6.45) is 10.1. The van der Waals surface area contributed by atoms with Crippen LogP contribution in [0.25, 0.3) is 0 Å². The van der Waals surface area contributed by atoms with Gasteiger partial charge in [0.05, 0.1) is 0 Å². The molecule has 2 rings (SSSR count). The number of thiophene rings is 1. The molecule has 1 aromatic rings. The topological polar surface area (TPSA) is 3.24 Å². The zero-order valence-corrected chi connectivity index (χ0v) is 9.80. The van der Waals surface area contributed by atoms with E-state index in [1.165, 1.54) is 17.7 Å². The molecule has 1 fully saturated rings. The number of hydrogen-bond donors (Lipinski definition) is 0. The van der Waals surface area contributed by atoms with Gasteiger partial charge >= 0.3 is 0 Å². The first-order valence-corrected chi connectivity index (χ1v) is 6.48. The van der Waals surface area contributed by atoms with Crippen LogP contribution in [0.15, 0.2) is 17.5 Å². The van der Waals surface area contributed by atoms with Gasteiger partial charge in [-0.1, -0.05) is 6.07 Å². The molecule has 0 saturated heterocycles. The van der Waals surface area contributed by atoms with E-state index in [1.807, 2.05) is 11.3 Å². The molecule has 0 unspecified atom stereocenters. The third-order valence-electron chi connectivity index (χ3n) is 2.77. The van der Waals surface area contributed by atoms with Crippen LogP contribution in [0.3, 0.4) is 0 Å². The summed E-state index contributed by atoms with van der Waals surface area (Å²) < 4.78 is 0. The van der Waals surface area contributed by atoms with Crippen LogP contribution < -0.4 is 0 Å². The lowest BCUT2D eigenvalue weighted by atomic mass is 10.3. The quantitative estimate of drug-likeness (QED) is 0.525. The van der Waals surface area contributed by atoms with Gasteiger partial charge in [-0.15, -0.1) is 23.7 Å². The first-order valence-electron chi connectivity index (χ1n) is 5.60. The minimum atomic E-state index is 0.838. The normalized spacial score (nSPS) is 15.5. The predicted octanol–water partition coefficient (Wildman–Crippen LogP) is 3.13. The molecule has 0 bridgehead atoms. The third-order valence-corrected chi connectivity index (χ3v) is 3.63. The molecule has 0 radical (unpaired) electrons. The van der Waals surface area contributed by atoms with E-state index in [4.69, 9.17) is 6.42 Å². The minimum absolute atomic E-state index is 0.838. The van der Waals surface area contributed by atoms with E-state index < -0.39 is 0 Å². The molecule has 0 atom stereocenters. The Balaban J connectivity index is 1.81. The molecule has 1 aliphatic carbocycles. The monoisotopic (exact) mass is 219 g/mol. The summed E-state index contributed by atoms with van der Waals surface area (Å²) in [5.41, 5.74) is 0. The number of rotatable bonds is 6. The molecule has 1 saturated carbocycles. The Morgan fingerprint density at radius 2 is 2.40 bits per heavy atom. The highest BCUT2D eigenvalue weighted by atomic mass is 32.1. The Kier molecular flexibility index (Phi) is 3.82. The molecule has 1 heterocycles. The van der Waals surface area contributed by atoms with Gasteiger partial charge < -0.3 is 0 Å². The summed E-state index contributed by atoms with van der Waals surface area (Å²) in [6.45, 7) is 2.28. The second kappa shape index (κ2) is 5.34. The standard InChI is InChI=1S/C13H17NS/c1-2-3-4-9-14(12-7-8-12)11-13-6-5-10-15-13/h1,5-6,10,12H,3-4,7-9,11H2. The van der Waals surface area contributed by atoms with Gasteiger partial charge in [-0.25, -0.2) is 0 Å². The van der Waals surface area contributed by atoms with Gasteiger partial charge in [-0.2, -0.15) is 0 Å². The number of unbranched alkanes of at least 4 members (excludes halogenated alkanes) is 1. The summed E-state index contributed by atoms with van der Waals surface area (Å²) in [5.74, 6) is 2.72. The van der Waals surface area contributed by atoms with Crippen molar-refractivity contribution in [1.82, 2.24) is 4.90 Å². The van der Waals surface area contributed by atoms with Crippen LogP contribution in [0.4, 0.5) is 0 Å². The van der Waals surface area contributed by atoms with E-state index in [1.54, 1.807) is 0 Å². The molecule has 80 valence electrons. The molecule has 0 amide bonds. The highest BCUT2D eigenvalue weighted by Crippen LogP contribution is 2.29. The average Bonchev–Trinajstić information content (AvgIpc) is 2.97. The van der Waals surface area contributed by atoms with Crippen LogP contribution in [0, 0.1) is 12.3 Å². The molecule has 15 heavy (non-hydrogen) atoms. The molecule has 1 nitrogen and oxygen atoms in total.